The number of ether oxygens (including phenoxy) is 1. The lowest BCUT2D eigenvalue weighted by molar-refractivity contribution is 0.395. The SMILES string of the molecule is COc1nc(/C=C/c2nc3n(n2)CCC[C@H]3c2ccc(F)c(F)c2F)ccc1-n1cnc(C)c1. The van der Waals surface area contributed by atoms with Crippen molar-refractivity contribution in [3.05, 3.63) is 82.8 Å². The minimum atomic E-state index is -1.47. The van der Waals surface area contributed by atoms with Crippen LogP contribution in [0.1, 0.15) is 47.4 Å². The zero-order valence-electron chi connectivity index (χ0n) is 18.5. The third-order valence-corrected chi connectivity index (χ3v) is 5.78. The standard InChI is InChI=1S/C24H21F3N6O/c1-14-12-32(13-28-14)19-9-5-15(29-24(19)34-2)6-10-20-30-23-17(4-3-11-33(23)31-20)16-7-8-18(25)22(27)21(16)26/h5-10,12-13,17H,3-4,11H2,1-2H3/b10-6+/t17-/m0/s1. The third-order valence-electron chi connectivity index (χ3n) is 5.78. The number of imidazole rings is 1. The molecule has 4 aromatic rings. The minimum Gasteiger partial charge on any atom is -0.479 e. The van der Waals surface area contributed by atoms with Crippen molar-refractivity contribution < 1.29 is 17.9 Å². The molecule has 0 saturated carbocycles. The molecule has 0 spiro atoms. The van der Waals surface area contributed by atoms with Gasteiger partial charge in [0, 0.05) is 24.2 Å². The van der Waals surface area contributed by atoms with Gasteiger partial charge in [-0.05, 0) is 50.1 Å². The van der Waals surface area contributed by atoms with Gasteiger partial charge in [-0.25, -0.2) is 32.8 Å². The van der Waals surface area contributed by atoms with Crippen LogP contribution in [0.2, 0.25) is 0 Å². The molecule has 0 unspecified atom stereocenters. The Morgan fingerprint density at radius 1 is 1.06 bits per heavy atom. The average molecular weight is 466 g/mol. The van der Waals surface area contributed by atoms with E-state index in [1.165, 1.54) is 6.07 Å². The number of fused-ring (bicyclic) bond motifs is 1. The number of pyridine rings is 1. The first-order chi connectivity index (χ1) is 16.4. The second-order valence-electron chi connectivity index (χ2n) is 8.03. The maximum atomic E-state index is 14.4. The van der Waals surface area contributed by atoms with E-state index in [-0.39, 0.29) is 5.56 Å². The van der Waals surface area contributed by atoms with E-state index in [0.29, 0.717) is 36.2 Å². The fourth-order valence-electron chi connectivity index (χ4n) is 4.14. The van der Waals surface area contributed by atoms with Crippen LogP contribution in [-0.2, 0) is 6.54 Å². The van der Waals surface area contributed by atoms with Gasteiger partial charge < -0.3 is 9.30 Å². The molecule has 1 aliphatic heterocycles. The van der Waals surface area contributed by atoms with Crippen LogP contribution in [0, 0.1) is 24.4 Å². The Bertz CT molecular complexity index is 1390. The zero-order valence-corrected chi connectivity index (χ0v) is 18.5. The predicted molar refractivity (Wildman–Crippen MR) is 119 cm³/mol. The molecule has 1 aromatic carbocycles. The zero-order chi connectivity index (χ0) is 23.8. The molecule has 0 amide bonds. The van der Waals surface area contributed by atoms with Gasteiger partial charge in [-0.1, -0.05) is 6.07 Å². The van der Waals surface area contributed by atoms with Crippen molar-refractivity contribution in [1.82, 2.24) is 29.3 Å². The summed E-state index contributed by atoms with van der Waals surface area (Å²) in [7, 11) is 1.55. The van der Waals surface area contributed by atoms with Gasteiger partial charge in [0.25, 0.3) is 0 Å². The van der Waals surface area contributed by atoms with Crippen molar-refractivity contribution in [3.8, 4) is 11.6 Å². The van der Waals surface area contributed by atoms with E-state index >= 15 is 0 Å². The number of benzene rings is 1. The number of methoxy groups -OCH3 is 1. The van der Waals surface area contributed by atoms with Crippen LogP contribution in [-0.4, -0.2) is 36.4 Å². The summed E-state index contributed by atoms with van der Waals surface area (Å²) < 4.78 is 50.6. The molecular weight excluding hydrogens is 445 g/mol. The Morgan fingerprint density at radius 3 is 2.68 bits per heavy atom. The van der Waals surface area contributed by atoms with Crippen molar-refractivity contribution >= 4 is 12.2 Å². The van der Waals surface area contributed by atoms with Crippen LogP contribution in [0.4, 0.5) is 13.2 Å². The molecule has 0 radical (unpaired) electrons. The number of hydrogen-bond acceptors (Lipinski definition) is 5. The quantitative estimate of drug-likeness (QED) is 0.399. The molecular formula is C24H21F3N6O. The van der Waals surface area contributed by atoms with E-state index in [1.54, 1.807) is 30.3 Å². The first-order valence-corrected chi connectivity index (χ1v) is 10.8. The van der Waals surface area contributed by atoms with Crippen molar-refractivity contribution in [3.63, 3.8) is 0 Å². The van der Waals surface area contributed by atoms with Crippen LogP contribution in [0.5, 0.6) is 5.88 Å². The molecule has 0 N–H and O–H groups in total. The molecule has 0 aliphatic carbocycles. The number of aromatic nitrogens is 6. The van der Waals surface area contributed by atoms with Gasteiger partial charge in [0.1, 0.15) is 11.5 Å². The van der Waals surface area contributed by atoms with E-state index in [2.05, 4.69) is 20.1 Å². The van der Waals surface area contributed by atoms with Gasteiger partial charge in [-0.15, -0.1) is 0 Å². The molecule has 0 fully saturated rings. The van der Waals surface area contributed by atoms with Gasteiger partial charge in [0.15, 0.2) is 23.3 Å². The van der Waals surface area contributed by atoms with Crippen LogP contribution in [0.25, 0.3) is 17.8 Å². The maximum absolute atomic E-state index is 14.4. The Hall–Kier alpha value is -3.95. The molecule has 3 aromatic heterocycles. The topological polar surface area (TPSA) is 70.7 Å². The van der Waals surface area contributed by atoms with Crippen molar-refractivity contribution in [2.75, 3.05) is 7.11 Å². The molecule has 7 nitrogen and oxygen atoms in total. The average Bonchev–Trinajstić information content (AvgIpc) is 3.47. The number of hydrogen-bond donors (Lipinski definition) is 0. The first-order valence-electron chi connectivity index (χ1n) is 10.8. The molecule has 174 valence electrons. The highest BCUT2D eigenvalue weighted by Gasteiger charge is 2.29. The Labute approximate surface area is 193 Å². The summed E-state index contributed by atoms with van der Waals surface area (Å²) in [6, 6.07) is 5.93. The summed E-state index contributed by atoms with van der Waals surface area (Å²) in [5, 5.41) is 4.48. The Balaban J connectivity index is 1.43. The lowest BCUT2D eigenvalue weighted by atomic mass is 9.90. The van der Waals surface area contributed by atoms with Crippen LogP contribution in [0.15, 0.2) is 36.8 Å². The molecule has 34 heavy (non-hydrogen) atoms. The van der Waals surface area contributed by atoms with Gasteiger partial charge in [0.05, 0.1) is 24.8 Å². The number of halogens is 3. The molecule has 0 saturated heterocycles. The summed E-state index contributed by atoms with van der Waals surface area (Å²) in [5.74, 6) is -2.99. The van der Waals surface area contributed by atoms with Crippen LogP contribution < -0.4 is 4.74 Å². The van der Waals surface area contributed by atoms with Gasteiger partial charge >= 0.3 is 0 Å². The largest absolute Gasteiger partial charge is 0.479 e. The third kappa shape index (κ3) is 3.95. The summed E-state index contributed by atoms with van der Waals surface area (Å²) in [6.07, 6.45) is 8.30. The number of nitrogens with zero attached hydrogens (tertiary/aromatic N) is 6. The van der Waals surface area contributed by atoms with E-state index in [9.17, 15) is 13.2 Å². The van der Waals surface area contributed by atoms with Gasteiger partial charge in [-0.2, -0.15) is 5.10 Å². The summed E-state index contributed by atoms with van der Waals surface area (Å²) in [5.41, 5.74) is 2.35. The second kappa shape index (κ2) is 8.77. The lowest BCUT2D eigenvalue weighted by Gasteiger charge is -2.22. The van der Waals surface area contributed by atoms with Crippen molar-refractivity contribution in [2.24, 2.45) is 0 Å². The van der Waals surface area contributed by atoms with E-state index in [4.69, 9.17) is 4.74 Å². The molecule has 0 bridgehead atoms. The molecule has 4 heterocycles. The highest BCUT2D eigenvalue weighted by molar-refractivity contribution is 5.65. The highest BCUT2D eigenvalue weighted by atomic mass is 19.2. The Kier molecular flexibility index (Phi) is 5.64. The maximum Gasteiger partial charge on any atom is 0.238 e. The smallest absolute Gasteiger partial charge is 0.238 e. The summed E-state index contributed by atoms with van der Waals surface area (Å²) in [4.78, 5) is 13.3. The summed E-state index contributed by atoms with van der Waals surface area (Å²) in [6.45, 7) is 2.51. The van der Waals surface area contributed by atoms with Gasteiger partial charge in [-0.3, -0.25) is 0 Å². The number of aryl methyl sites for hydroxylation is 2. The van der Waals surface area contributed by atoms with E-state index in [1.807, 2.05) is 29.8 Å². The van der Waals surface area contributed by atoms with Gasteiger partial charge in [0.2, 0.25) is 5.88 Å². The fraction of sp³-hybridized carbons (Fsp3) is 0.250. The molecule has 5 rings (SSSR count). The minimum absolute atomic E-state index is 0.0829. The lowest BCUT2D eigenvalue weighted by Crippen LogP contribution is -2.19. The van der Waals surface area contributed by atoms with E-state index < -0.39 is 23.4 Å². The normalized spacial score (nSPS) is 15.6. The molecule has 1 atom stereocenters. The Morgan fingerprint density at radius 2 is 1.91 bits per heavy atom. The van der Waals surface area contributed by atoms with Crippen LogP contribution in [0.3, 0.4) is 0 Å². The summed E-state index contributed by atoms with van der Waals surface area (Å²) >= 11 is 0. The van der Waals surface area contributed by atoms with Crippen molar-refractivity contribution in [1.29, 1.82) is 0 Å². The predicted octanol–water partition coefficient (Wildman–Crippen LogP) is 4.69. The molecule has 10 heteroatoms. The fourth-order valence-corrected chi connectivity index (χ4v) is 4.14. The first kappa shape index (κ1) is 21.9. The highest BCUT2D eigenvalue weighted by Crippen LogP contribution is 2.34. The van der Waals surface area contributed by atoms with E-state index in [0.717, 1.165) is 23.9 Å². The number of rotatable bonds is 5. The monoisotopic (exact) mass is 466 g/mol. The van der Waals surface area contributed by atoms with Crippen LogP contribution >= 0.6 is 0 Å². The second-order valence-corrected chi connectivity index (χ2v) is 8.03. The molecule has 1 aliphatic rings. The van der Waals surface area contributed by atoms with Crippen molar-refractivity contribution in [2.45, 2.75) is 32.2 Å².